The van der Waals surface area contributed by atoms with E-state index in [-0.39, 0.29) is 29.5 Å². The Bertz CT molecular complexity index is 646. The van der Waals surface area contributed by atoms with Crippen molar-refractivity contribution in [1.29, 1.82) is 0 Å². The van der Waals surface area contributed by atoms with Crippen LogP contribution in [0.15, 0.2) is 30.3 Å². The largest absolute Gasteiger partial charge is 0.352 e. The molecule has 24 heavy (non-hydrogen) atoms. The average molecular weight is 350 g/mol. The van der Waals surface area contributed by atoms with E-state index in [1.165, 1.54) is 5.56 Å². The van der Waals surface area contributed by atoms with Crippen molar-refractivity contribution in [3.8, 4) is 0 Å². The summed E-state index contributed by atoms with van der Waals surface area (Å²) in [6.45, 7) is 1.73. The topological polar surface area (TPSA) is 66.5 Å². The maximum atomic E-state index is 12.7. The zero-order chi connectivity index (χ0) is 17.0. The zero-order valence-corrected chi connectivity index (χ0v) is 14.8. The van der Waals surface area contributed by atoms with Gasteiger partial charge in [-0.05, 0) is 37.8 Å². The number of carbonyl (C=O) groups is 1. The summed E-state index contributed by atoms with van der Waals surface area (Å²) in [5.74, 6) is 0.446. The van der Waals surface area contributed by atoms with Crippen molar-refractivity contribution in [3.05, 3.63) is 35.9 Å². The van der Waals surface area contributed by atoms with E-state index in [1.54, 1.807) is 0 Å². The standard InChI is InChI=1S/C18H26N2O3S/c21-18(19-16-9-12-24(22,23)13-10-16)17-8-4-5-11-20(17)14-15-6-2-1-3-7-15/h1-3,6-7,16-17H,4-5,8-14H2,(H,19,21)/t17-/m0/s1. The lowest BCUT2D eigenvalue weighted by molar-refractivity contribution is -0.128. The molecule has 0 bridgehead atoms. The number of nitrogens with zero attached hydrogens (tertiary/aromatic N) is 1. The molecule has 2 aliphatic heterocycles. The predicted octanol–water partition coefficient (Wildman–Crippen LogP) is 1.73. The Labute approximate surface area is 144 Å². The number of rotatable bonds is 4. The maximum Gasteiger partial charge on any atom is 0.237 e. The number of amides is 1. The molecule has 0 radical (unpaired) electrons. The second-order valence-electron chi connectivity index (χ2n) is 6.90. The molecule has 5 nitrogen and oxygen atoms in total. The summed E-state index contributed by atoms with van der Waals surface area (Å²) in [7, 11) is -2.89. The van der Waals surface area contributed by atoms with Gasteiger partial charge in [-0.1, -0.05) is 36.8 Å². The van der Waals surface area contributed by atoms with Crippen LogP contribution in [-0.2, 0) is 21.2 Å². The highest BCUT2D eigenvalue weighted by Gasteiger charge is 2.31. The smallest absolute Gasteiger partial charge is 0.237 e. The Hall–Kier alpha value is -1.40. The number of hydrogen-bond acceptors (Lipinski definition) is 4. The van der Waals surface area contributed by atoms with Crippen molar-refractivity contribution in [2.45, 2.75) is 50.7 Å². The lowest BCUT2D eigenvalue weighted by Crippen LogP contribution is -2.52. The first-order chi connectivity index (χ1) is 11.5. The van der Waals surface area contributed by atoms with Crippen LogP contribution in [0, 0.1) is 0 Å². The molecule has 2 fully saturated rings. The van der Waals surface area contributed by atoms with Crippen molar-refractivity contribution in [3.63, 3.8) is 0 Å². The fourth-order valence-electron chi connectivity index (χ4n) is 3.63. The minimum Gasteiger partial charge on any atom is -0.352 e. The minimum atomic E-state index is -2.89. The number of likely N-dealkylation sites (tertiary alicyclic amines) is 1. The van der Waals surface area contributed by atoms with E-state index in [4.69, 9.17) is 0 Å². The summed E-state index contributed by atoms with van der Waals surface area (Å²) in [4.78, 5) is 15.0. The second-order valence-corrected chi connectivity index (χ2v) is 9.21. The molecule has 0 unspecified atom stereocenters. The Balaban J connectivity index is 1.59. The quantitative estimate of drug-likeness (QED) is 0.898. The van der Waals surface area contributed by atoms with Crippen LogP contribution in [0.25, 0.3) is 0 Å². The van der Waals surface area contributed by atoms with Gasteiger partial charge in [-0.3, -0.25) is 9.69 Å². The molecule has 2 saturated heterocycles. The third-order valence-corrected chi connectivity index (χ3v) is 6.76. The van der Waals surface area contributed by atoms with E-state index in [0.717, 1.165) is 32.4 Å². The van der Waals surface area contributed by atoms with Gasteiger partial charge >= 0.3 is 0 Å². The van der Waals surface area contributed by atoms with Crippen molar-refractivity contribution in [1.82, 2.24) is 10.2 Å². The molecule has 0 saturated carbocycles. The summed E-state index contributed by atoms with van der Waals surface area (Å²) >= 11 is 0. The number of carbonyl (C=O) groups excluding carboxylic acids is 1. The molecule has 2 heterocycles. The molecular formula is C18H26N2O3S. The van der Waals surface area contributed by atoms with Crippen LogP contribution in [0.4, 0.5) is 0 Å². The second kappa shape index (κ2) is 7.66. The summed E-state index contributed by atoms with van der Waals surface area (Å²) in [6.07, 6.45) is 4.16. The SMILES string of the molecule is O=C(NC1CCS(=O)(=O)CC1)[C@@H]1CCCCN1Cc1ccccc1. The van der Waals surface area contributed by atoms with E-state index >= 15 is 0 Å². The fourth-order valence-corrected chi connectivity index (χ4v) is 5.12. The molecule has 1 atom stereocenters. The third-order valence-electron chi connectivity index (χ3n) is 5.05. The van der Waals surface area contributed by atoms with E-state index in [9.17, 15) is 13.2 Å². The average Bonchev–Trinajstić information content (AvgIpc) is 2.58. The van der Waals surface area contributed by atoms with Gasteiger partial charge in [-0.25, -0.2) is 8.42 Å². The van der Waals surface area contributed by atoms with Crippen LogP contribution < -0.4 is 5.32 Å². The van der Waals surface area contributed by atoms with Gasteiger partial charge in [-0.2, -0.15) is 0 Å². The van der Waals surface area contributed by atoms with Gasteiger partial charge in [0.05, 0.1) is 17.5 Å². The maximum absolute atomic E-state index is 12.7. The molecule has 1 amide bonds. The molecule has 0 aliphatic carbocycles. The number of piperidine rings is 1. The van der Waals surface area contributed by atoms with Crippen LogP contribution in [0.1, 0.15) is 37.7 Å². The minimum absolute atomic E-state index is 0.00141. The predicted molar refractivity (Wildman–Crippen MR) is 94.3 cm³/mol. The monoisotopic (exact) mass is 350 g/mol. The highest BCUT2D eigenvalue weighted by atomic mass is 32.2. The number of hydrogen-bond donors (Lipinski definition) is 1. The van der Waals surface area contributed by atoms with E-state index in [1.807, 2.05) is 18.2 Å². The van der Waals surface area contributed by atoms with Gasteiger partial charge in [-0.15, -0.1) is 0 Å². The van der Waals surface area contributed by atoms with Gasteiger partial charge in [0, 0.05) is 12.6 Å². The highest BCUT2D eigenvalue weighted by molar-refractivity contribution is 7.91. The van der Waals surface area contributed by atoms with Gasteiger partial charge in [0.2, 0.25) is 5.91 Å². The van der Waals surface area contributed by atoms with Crippen molar-refractivity contribution in [2.75, 3.05) is 18.1 Å². The first-order valence-corrected chi connectivity index (χ1v) is 10.6. The third kappa shape index (κ3) is 4.57. The first-order valence-electron chi connectivity index (χ1n) is 8.82. The zero-order valence-electron chi connectivity index (χ0n) is 14.0. The number of sulfone groups is 1. The molecule has 1 aromatic rings. The molecule has 3 rings (SSSR count). The lowest BCUT2D eigenvalue weighted by Gasteiger charge is -2.36. The number of benzene rings is 1. The van der Waals surface area contributed by atoms with Crippen LogP contribution >= 0.6 is 0 Å². The van der Waals surface area contributed by atoms with Gasteiger partial charge in [0.1, 0.15) is 9.84 Å². The summed E-state index contributed by atoms with van der Waals surface area (Å²) in [5.41, 5.74) is 1.22. The molecular weight excluding hydrogens is 324 g/mol. The summed E-state index contributed by atoms with van der Waals surface area (Å²) < 4.78 is 23.0. The van der Waals surface area contributed by atoms with Crippen LogP contribution in [0.3, 0.4) is 0 Å². The van der Waals surface area contributed by atoms with Gasteiger partial charge in [0.15, 0.2) is 0 Å². The molecule has 0 aromatic heterocycles. The lowest BCUT2D eigenvalue weighted by atomic mass is 9.99. The van der Waals surface area contributed by atoms with E-state index in [2.05, 4.69) is 22.3 Å². The highest BCUT2D eigenvalue weighted by Crippen LogP contribution is 2.21. The van der Waals surface area contributed by atoms with Crippen molar-refractivity contribution < 1.29 is 13.2 Å². The molecule has 1 aromatic carbocycles. The Morgan fingerprint density at radius 3 is 2.50 bits per heavy atom. The van der Waals surface area contributed by atoms with Crippen molar-refractivity contribution in [2.24, 2.45) is 0 Å². The molecule has 6 heteroatoms. The van der Waals surface area contributed by atoms with Crippen LogP contribution in [0.5, 0.6) is 0 Å². The fraction of sp³-hybridized carbons (Fsp3) is 0.611. The Kier molecular flexibility index (Phi) is 5.56. The number of nitrogens with one attached hydrogen (secondary N) is 1. The van der Waals surface area contributed by atoms with E-state index < -0.39 is 9.84 Å². The Morgan fingerprint density at radius 1 is 1.08 bits per heavy atom. The molecule has 2 aliphatic rings. The van der Waals surface area contributed by atoms with Gasteiger partial charge in [0.25, 0.3) is 0 Å². The van der Waals surface area contributed by atoms with Crippen LogP contribution in [-0.4, -0.2) is 49.4 Å². The first kappa shape index (κ1) is 17.4. The van der Waals surface area contributed by atoms with Gasteiger partial charge < -0.3 is 5.32 Å². The molecule has 132 valence electrons. The van der Waals surface area contributed by atoms with Crippen molar-refractivity contribution >= 4 is 15.7 Å². The molecule has 0 spiro atoms. The van der Waals surface area contributed by atoms with Crippen LogP contribution in [0.2, 0.25) is 0 Å². The normalized spacial score (nSPS) is 25.2. The summed E-state index contributed by atoms with van der Waals surface area (Å²) in [6, 6.07) is 10.1. The summed E-state index contributed by atoms with van der Waals surface area (Å²) in [5, 5.41) is 3.10. The van der Waals surface area contributed by atoms with E-state index in [0.29, 0.717) is 12.8 Å². The molecule has 1 N–H and O–H groups in total. The Morgan fingerprint density at radius 2 is 1.79 bits per heavy atom.